The molecule has 1 saturated heterocycles. The van der Waals surface area contributed by atoms with E-state index < -0.39 is 0 Å². The Kier molecular flexibility index (Phi) is 8.38. The Bertz CT molecular complexity index is 394. The Labute approximate surface area is 130 Å². The second kappa shape index (κ2) is 8.61. The van der Waals surface area contributed by atoms with E-state index in [4.69, 9.17) is 17.3 Å². The van der Waals surface area contributed by atoms with Crippen LogP contribution in [0.2, 0.25) is 5.02 Å². The normalized spacial score (nSPS) is 16.9. The van der Waals surface area contributed by atoms with Gasteiger partial charge in [0, 0.05) is 31.2 Å². The third kappa shape index (κ3) is 4.82. The number of amides is 1. The topological polar surface area (TPSA) is 58.4 Å². The number of nitrogens with one attached hydrogen (secondary N) is 1. The zero-order valence-electron chi connectivity index (χ0n) is 10.3. The van der Waals surface area contributed by atoms with Gasteiger partial charge in [-0.1, -0.05) is 23.7 Å². The number of carbonyl (C=O) groups excluding carboxylic acids is 1. The first kappa shape index (κ1) is 18.5. The smallest absolute Gasteiger partial charge is 0.239 e. The fraction of sp³-hybridized carbons (Fsp3) is 0.417. The molecule has 1 aliphatic rings. The Morgan fingerprint density at radius 3 is 2.21 bits per heavy atom. The minimum atomic E-state index is -0.352. The van der Waals surface area contributed by atoms with Crippen molar-refractivity contribution in [2.75, 3.05) is 26.2 Å². The lowest BCUT2D eigenvalue weighted by Crippen LogP contribution is -2.48. The van der Waals surface area contributed by atoms with Crippen LogP contribution in [0.25, 0.3) is 0 Å². The van der Waals surface area contributed by atoms with Crippen molar-refractivity contribution in [2.45, 2.75) is 6.04 Å². The molecule has 4 nitrogen and oxygen atoms in total. The molecule has 1 aromatic carbocycles. The summed E-state index contributed by atoms with van der Waals surface area (Å²) in [6.07, 6.45) is 0. The fourth-order valence-corrected chi connectivity index (χ4v) is 2.27. The summed E-state index contributed by atoms with van der Waals surface area (Å²) in [6, 6.07) is 6.94. The molecule has 1 aromatic rings. The van der Waals surface area contributed by atoms with Crippen LogP contribution < -0.4 is 11.1 Å². The Balaban J connectivity index is 0.00000162. The van der Waals surface area contributed by atoms with E-state index in [1.165, 1.54) is 0 Å². The van der Waals surface area contributed by atoms with E-state index in [0.29, 0.717) is 5.02 Å². The zero-order valence-corrected chi connectivity index (χ0v) is 12.7. The van der Waals surface area contributed by atoms with Crippen molar-refractivity contribution in [3.05, 3.63) is 34.9 Å². The molecule has 19 heavy (non-hydrogen) atoms. The van der Waals surface area contributed by atoms with Gasteiger partial charge in [0.2, 0.25) is 5.91 Å². The molecule has 2 rings (SSSR count). The van der Waals surface area contributed by atoms with Gasteiger partial charge in [-0.2, -0.15) is 0 Å². The van der Waals surface area contributed by atoms with Crippen LogP contribution in [-0.2, 0) is 4.79 Å². The van der Waals surface area contributed by atoms with Crippen molar-refractivity contribution < 1.29 is 4.79 Å². The van der Waals surface area contributed by atoms with E-state index in [1.54, 1.807) is 12.1 Å². The van der Waals surface area contributed by atoms with Gasteiger partial charge in [-0.05, 0) is 17.7 Å². The molecule has 1 atom stereocenters. The van der Waals surface area contributed by atoms with Crippen LogP contribution >= 0.6 is 36.4 Å². The highest BCUT2D eigenvalue weighted by Gasteiger charge is 2.26. The lowest BCUT2D eigenvalue weighted by atomic mass is 10.0. The van der Waals surface area contributed by atoms with Crippen LogP contribution in [0.3, 0.4) is 0 Å². The number of nitrogens with two attached hydrogens (primary N) is 1. The molecule has 7 heteroatoms. The maximum Gasteiger partial charge on any atom is 0.239 e. The average molecular weight is 327 g/mol. The number of primary amides is 1. The van der Waals surface area contributed by atoms with Gasteiger partial charge in [0.1, 0.15) is 6.04 Å². The highest BCUT2D eigenvalue weighted by molar-refractivity contribution is 6.30. The minimum Gasteiger partial charge on any atom is -0.368 e. The summed E-state index contributed by atoms with van der Waals surface area (Å²) in [5, 5.41) is 3.92. The molecular formula is C12H18Cl3N3O. The van der Waals surface area contributed by atoms with Gasteiger partial charge >= 0.3 is 0 Å². The second-order valence-electron chi connectivity index (χ2n) is 4.14. The largest absolute Gasteiger partial charge is 0.368 e. The Morgan fingerprint density at radius 1 is 1.21 bits per heavy atom. The first-order chi connectivity index (χ1) is 8.18. The number of piperazine rings is 1. The van der Waals surface area contributed by atoms with E-state index in [0.717, 1.165) is 31.7 Å². The molecule has 108 valence electrons. The molecule has 1 amide bonds. The first-order valence-electron chi connectivity index (χ1n) is 5.68. The summed E-state index contributed by atoms with van der Waals surface area (Å²) in [4.78, 5) is 13.7. The monoisotopic (exact) mass is 325 g/mol. The molecule has 1 unspecified atom stereocenters. The van der Waals surface area contributed by atoms with Crippen molar-refractivity contribution in [3.8, 4) is 0 Å². The van der Waals surface area contributed by atoms with Crippen LogP contribution in [0.5, 0.6) is 0 Å². The molecule has 1 aliphatic heterocycles. The van der Waals surface area contributed by atoms with E-state index in [2.05, 4.69) is 10.2 Å². The minimum absolute atomic E-state index is 0. The SMILES string of the molecule is Cl.Cl.NC(=O)C(c1ccc(Cl)cc1)N1CCNCC1. The molecule has 0 aliphatic carbocycles. The third-order valence-corrected chi connectivity index (χ3v) is 3.22. The maximum atomic E-state index is 11.6. The highest BCUT2D eigenvalue weighted by Crippen LogP contribution is 2.22. The van der Waals surface area contributed by atoms with Crippen LogP contribution in [0.4, 0.5) is 0 Å². The Hall–Kier alpha value is -0.520. The van der Waals surface area contributed by atoms with Gasteiger partial charge in [0.05, 0.1) is 0 Å². The van der Waals surface area contributed by atoms with Crippen molar-refractivity contribution in [1.29, 1.82) is 0 Å². The number of hydrogen-bond donors (Lipinski definition) is 2. The number of carbonyl (C=O) groups is 1. The van der Waals surface area contributed by atoms with Gasteiger partial charge in [0.25, 0.3) is 0 Å². The standard InChI is InChI=1S/C12H16ClN3O.2ClH/c13-10-3-1-9(2-4-10)11(12(14)17)16-7-5-15-6-8-16;;/h1-4,11,15H,5-8H2,(H2,14,17);2*1H. The molecule has 3 N–H and O–H groups in total. The highest BCUT2D eigenvalue weighted by atomic mass is 35.5. The molecular weight excluding hydrogens is 309 g/mol. The van der Waals surface area contributed by atoms with Crippen molar-refractivity contribution >= 4 is 42.3 Å². The van der Waals surface area contributed by atoms with E-state index in [-0.39, 0.29) is 36.8 Å². The molecule has 1 fully saturated rings. The number of hydrogen-bond acceptors (Lipinski definition) is 3. The first-order valence-corrected chi connectivity index (χ1v) is 6.06. The number of halogens is 3. The maximum absolute atomic E-state index is 11.6. The van der Waals surface area contributed by atoms with Gasteiger partial charge in [-0.15, -0.1) is 24.8 Å². The average Bonchev–Trinajstić information content (AvgIpc) is 2.33. The predicted molar refractivity (Wildman–Crippen MR) is 82.3 cm³/mol. The summed E-state index contributed by atoms with van der Waals surface area (Å²) in [5.41, 5.74) is 6.41. The van der Waals surface area contributed by atoms with Crippen LogP contribution in [0.15, 0.2) is 24.3 Å². The van der Waals surface area contributed by atoms with Crippen molar-refractivity contribution in [1.82, 2.24) is 10.2 Å². The van der Waals surface area contributed by atoms with Crippen LogP contribution in [0, 0.1) is 0 Å². The molecule has 0 spiro atoms. The fourth-order valence-electron chi connectivity index (χ4n) is 2.14. The summed E-state index contributed by atoms with van der Waals surface area (Å²) in [6.45, 7) is 3.43. The number of nitrogens with zero attached hydrogens (tertiary/aromatic N) is 1. The third-order valence-electron chi connectivity index (χ3n) is 2.97. The number of benzene rings is 1. The lowest BCUT2D eigenvalue weighted by Gasteiger charge is -2.33. The number of rotatable bonds is 3. The molecule has 1 heterocycles. The summed E-state index contributed by atoms with van der Waals surface area (Å²) in [7, 11) is 0. The van der Waals surface area contributed by atoms with Crippen LogP contribution in [-0.4, -0.2) is 37.0 Å². The van der Waals surface area contributed by atoms with Gasteiger partial charge in [-0.25, -0.2) is 0 Å². The van der Waals surface area contributed by atoms with E-state index in [9.17, 15) is 4.79 Å². The van der Waals surface area contributed by atoms with Crippen LogP contribution in [0.1, 0.15) is 11.6 Å². The summed E-state index contributed by atoms with van der Waals surface area (Å²) < 4.78 is 0. The summed E-state index contributed by atoms with van der Waals surface area (Å²) in [5.74, 6) is -0.311. The molecule has 0 bridgehead atoms. The van der Waals surface area contributed by atoms with E-state index in [1.807, 2.05) is 12.1 Å². The van der Waals surface area contributed by atoms with Crippen molar-refractivity contribution in [2.24, 2.45) is 5.73 Å². The van der Waals surface area contributed by atoms with Gasteiger partial charge in [0.15, 0.2) is 0 Å². The van der Waals surface area contributed by atoms with Gasteiger partial charge < -0.3 is 11.1 Å². The summed E-state index contributed by atoms with van der Waals surface area (Å²) >= 11 is 5.84. The molecule has 0 aromatic heterocycles. The molecule has 0 saturated carbocycles. The van der Waals surface area contributed by atoms with E-state index >= 15 is 0 Å². The van der Waals surface area contributed by atoms with Gasteiger partial charge in [-0.3, -0.25) is 9.69 Å². The molecule has 0 radical (unpaired) electrons. The second-order valence-corrected chi connectivity index (χ2v) is 4.58. The Morgan fingerprint density at radius 2 is 1.74 bits per heavy atom. The van der Waals surface area contributed by atoms with Crippen molar-refractivity contribution in [3.63, 3.8) is 0 Å². The quantitative estimate of drug-likeness (QED) is 0.887. The zero-order chi connectivity index (χ0) is 12.3. The lowest BCUT2D eigenvalue weighted by molar-refractivity contribution is -0.123. The predicted octanol–water partition coefficient (Wildman–Crippen LogP) is 1.62.